The molecule has 0 aliphatic rings. The molecular formula is C16H16ClNO3S. The number of hydrogen-bond donors (Lipinski definition) is 1. The summed E-state index contributed by atoms with van der Waals surface area (Å²) >= 11 is 5.88. The van der Waals surface area contributed by atoms with Crippen LogP contribution in [0.2, 0.25) is 5.02 Å². The second-order valence-electron chi connectivity index (χ2n) is 5.12. The van der Waals surface area contributed by atoms with Crippen LogP contribution in [0.1, 0.15) is 21.5 Å². The summed E-state index contributed by atoms with van der Waals surface area (Å²) < 4.78 is 23.3. The Morgan fingerprint density at radius 1 is 1.14 bits per heavy atom. The van der Waals surface area contributed by atoms with Crippen LogP contribution in [-0.4, -0.2) is 20.6 Å². The van der Waals surface area contributed by atoms with Crippen LogP contribution in [0, 0.1) is 13.8 Å². The van der Waals surface area contributed by atoms with Gasteiger partial charge in [-0.2, -0.15) is 0 Å². The first kappa shape index (κ1) is 16.5. The molecule has 2 aromatic rings. The molecule has 0 heterocycles. The molecule has 0 spiro atoms. The quantitative estimate of drug-likeness (QED) is 0.930. The van der Waals surface area contributed by atoms with E-state index in [4.69, 9.17) is 11.6 Å². The minimum Gasteiger partial charge on any atom is -0.322 e. The summed E-state index contributed by atoms with van der Waals surface area (Å²) in [5.74, 6) is -0.379. The molecule has 0 atom stereocenters. The van der Waals surface area contributed by atoms with Crippen LogP contribution in [0.5, 0.6) is 0 Å². The Balaban J connectivity index is 2.37. The maximum atomic E-state index is 12.3. The Morgan fingerprint density at radius 2 is 1.82 bits per heavy atom. The predicted octanol–water partition coefficient (Wildman–Crippen LogP) is 3.61. The van der Waals surface area contributed by atoms with Crippen molar-refractivity contribution in [1.82, 2.24) is 0 Å². The first-order valence-corrected chi connectivity index (χ1v) is 8.84. The Labute approximate surface area is 135 Å². The van der Waals surface area contributed by atoms with Gasteiger partial charge in [-0.05, 0) is 49.2 Å². The van der Waals surface area contributed by atoms with Crippen LogP contribution < -0.4 is 5.32 Å². The fraction of sp³-hybridized carbons (Fsp3) is 0.188. The van der Waals surface area contributed by atoms with E-state index in [1.54, 1.807) is 6.07 Å². The summed E-state index contributed by atoms with van der Waals surface area (Å²) in [5, 5.41) is 2.89. The predicted molar refractivity (Wildman–Crippen MR) is 88.4 cm³/mol. The van der Waals surface area contributed by atoms with Gasteiger partial charge in [0, 0.05) is 17.5 Å². The normalized spacial score (nSPS) is 11.3. The number of sulfone groups is 1. The molecule has 0 unspecified atom stereocenters. The molecule has 116 valence electrons. The van der Waals surface area contributed by atoms with Gasteiger partial charge in [0.1, 0.15) is 0 Å². The highest BCUT2D eigenvalue weighted by atomic mass is 35.5. The van der Waals surface area contributed by atoms with Crippen molar-refractivity contribution in [3.05, 3.63) is 58.1 Å². The molecule has 0 saturated heterocycles. The minimum absolute atomic E-state index is 0.0530. The maximum Gasteiger partial charge on any atom is 0.255 e. The fourth-order valence-corrected chi connectivity index (χ4v) is 3.31. The van der Waals surface area contributed by atoms with Crippen molar-refractivity contribution >= 4 is 33.0 Å². The van der Waals surface area contributed by atoms with Crippen molar-refractivity contribution < 1.29 is 13.2 Å². The van der Waals surface area contributed by atoms with Crippen molar-refractivity contribution in [3.63, 3.8) is 0 Å². The second kappa shape index (κ2) is 6.10. The van der Waals surface area contributed by atoms with Crippen LogP contribution in [0.25, 0.3) is 0 Å². The number of aryl methyl sites for hydroxylation is 1. The zero-order valence-corrected chi connectivity index (χ0v) is 14.0. The molecule has 6 heteroatoms. The van der Waals surface area contributed by atoms with E-state index in [0.29, 0.717) is 5.69 Å². The van der Waals surface area contributed by atoms with Crippen LogP contribution in [0.15, 0.2) is 41.3 Å². The monoisotopic (exact) mass is 337 g/mol. The SMILES string of the molecule is Cc1cccc(NC(=O)c2ccc(Cl)c(S(C)(=O)=O)c2)c1C. The average Bonchev–Trinajstić information content (AvgIpc) is 2.43. The Kier molecular flexibility index (Phi) is 4.58. The van der Waals surface area contributed by atoms with E-state index in [9.17, 15) is 13.2 Å². The number of hydrogen-bond acceptors (Lipinski definition) is 3. The molecule has 1 amide bonds. The van der Waals surface area contributed by atoms with Gasteiger partial charge in [-0.1, -0.05) is 23.7 Å². The lowest BCUT2D eigenvalue weighted by Crippen LogP contribution is -2.14. The van der Waals surface area contributed by atoms with Gasteiger partial charge in [0.15, 0.2) is 9.84 Å². The lowest BCUT2D eigenvalue weighted by Gasteiger charge is -2.11. The number of nitrogens with one attached hydrogen (secondary N) is 1. The molecule has 2 aromatic carbocycles. The first-order chi connectivity index (χ1) is 10.2. The Morgan fingerprint density at radius 3 is 2.45 bits per heavy atom. The number of anilines is 1. The average molecular weight is 338 g/mol. The largest absolute Gasteiger partial charge is 0.322 e. The lowest BCUT2D eigenvalue weighted by molar-refractivity contribution is 0.102. The van der Waals surface area contributed by atoms with Gasteiger partial charge in [0.05, 0.1) is 9.92 Å². The van der Waals surface area contributed by atoms with E-state index in [-0.39, 0.29) is 21.4 Å². The van der Waals surface area contributed by atoms with Gasteiger partial charge in [0.25, 0.3) is 5.91 Å². The van der Waals surface area contributed by atoms with Crippen LogP contribution in [0.4, 0.5) is 5.69 Å². The Bertz CT molecular complexity index is 844. The van der Waals surface area contributed by atoms with Gasteiger partial charge >= 0.3 is 0 Å². The molecule has 1 N–H and O–H groups in total. The summed E-state index contributed by atoms with van der Waals surface area (Å²) in [7, 11) is -3.49. The van der Waals surface area contributed by atoms with E-state index < -0.39 is 9.84 Å². The highest BCUT2D eigenvalue weighted by Gasteiger charge is 2.16. The summed E-state index contributed by atoms with van der Waals surface area (Å²) in [6.45, 7) is 3.86. The standard InChI is InChI=1S/C16H16ClNO3S/c1-10-5-4-6-14(11(10)2)18-16(19)12-7-8-13(17)15(9-12)22(3,20)21/h4-9H,1-3H3,(H,18,19). The van der Waals surface area contributed by atoms with Crippen molar-refractivity contribution in [1.29, 1.82) is 0 Å². The molecule has 0 aromatic heterocycles. The molecule has 0 fully saturated rings. The summed E-state index contributed by atoms with van der Waals surface area (Å²) in [4.78, 5) is 12.3. The van der Waals surface area contributed by atoms with Gasteiger partial charge in [-0.25, -0.2) is 8.42 Å². The van der Waals surface area contributed by atoms with Gasteiger partial charge in [0.2, 0.25) is 0 Å². The number of carbonyl (C=O) groups is 1. The molecule has 2 rings (SSSR count). The second-order valence-corrected chi connectivity index (χ2v) is 7.51. The summed E-state index contributed by atoms with van der Waals surface area (Å²) in [6, 6.07) is 9.80. The van der Waals surface area contributed by atoms with Gasteiger partial charge in [-0.15, -0.1) is 0 Å². The number of rotatable bonds is 3. The van der Waals surface area contributed by atoms with E-state index >= 15 is 0 Å². The topological polar surface area (TPSA) is 63.2 Å². The first-order valence-electron chi connectivity index (χ1n) is 6.57. The highest BCUT2D eigenvalue weighted by molar-refractivity contribution is 7.90. The van der Waals surface area contributed by atoms with E-state index in [2.05, 4.69) is 5.32 Å². The van der Waals surface area contributed by atoms with Gasteiger partial charge in [-0.3, -0.25) is 4.79 Å². The molecule has 0 aliphatic carbocycles. The number of halogens is 1. The van der Waals surface area contributed by atoms with Crippen molar-refractivity contribution in [2.75, 3.05) is 11.6 Å². The third-order valence-electron chi connectivity index (χ3n) is 3.45. The Hall–Kier alpha value is -1.85. The zero-order valence-electron chi connectivity index (χ0n) is 12.5. The van der Waals surface area contributed by atoms with Crippen LogP contribution >= 0.6 is 11.6 Å². The van der Waals surface area contributed by atoms with Crippen LogP contribution in [0.3, 0.4) is 0 Å². The summed E-state index contributed by atoms with van der Waals surface area (Å²) in [6.07, 6.45) is 1.06. The minimum atomic E-state index is -3.49. The lowest BCUT2D eigenvalue weighted by atomic mass is 10.1. The molecule has 22 heavy (non-hydrogen) atoms. The van der Waals surface area contributed by atoms with Crippen molar-refractivity contribution in [3.8, 4) is 0 Å². The molecule has 0 bridgehead atoms. The fourth-order valence-electron chi connectivity index (χ4n) is 2.01. The third kappa shape index (κ3) is 3.48. The maximum absolute atomic E-state index is 12.3. The molecule has 0 aliphatic heterocycles. The van der Waals surface area contributed by atoms with Crippen molar-refractivity contribution in [2.24, 2.45) is 0 Å². The number of amides is 1. The number of carbonyl (C=O) groups excluding carboxylic acids is 1. The highest BCUT2D eigenvalue weighted by Crippen LogP contribution is 2.24. The third-order valence-corrected chi connectivity index (χ3v) is 5.02. The smallest absolute Gasteiger partial charge is 0.255 e. The van der Waals surface area contributed by atoms with Crippen molar-refractivity contribution in [2.45, 2.75) is 18.7 Å². The van der Waals surface area contributed by atoms with Crippen LogP contribution in [-0.2, 0) is 9.84 Å². The summed E-state index contributed by atoms with van der Waals surface area (Å²) in [5.41, 5.74) is 2.96. The van der Waals surface area contributed by atoms with E-state index in [0.717, 1.165) is 17.4 Å². The van der Waals surface area contributed by atoms with E-state index in [1.807, 2.05) is 26.0 Å². The number of benzene rings is 2. The van der Waals surface area contributed by atoms with Gasteiger partial charge < -0.3 is 5.32 Å². The zero-order chi connectivity index (χ0) is 16.5. The molecule has 0 saturated carbocycles. The molecule has 4 nitrogen and oxygen atoms in total. The molecular weight excluding hydrogens is 322 g/mol. The van der Waals surface area contributed by atoms with E-state index in [1.165, 1.54) is 18.2 Å². The molecule has 0 radical (unpaired) electrons.